The third kappa shape index (κ3) is 3.01. The SMILES string of the molecule is O=C1CCC2CN(c3nc(-c4cccs4)nc4ccccc34)CCC2N1C1CC1. The summed E-state index contributed by atoms with van der Waals surface area (Å²) in [7, 11) is 0. The summed E-state index contributed by atoms with van der Waals surface area (Å²) >= 11 is 1.68. The summed E-state index contributed by atoms with van der Waals surface area (Å²) in [5.74, 6) is 2.79. The molecule has 3 aliphatic rings. The first kappa shape index (κ1) is 17.4. The van der Waals surface area contributed by atoms with Gasteiger partial charge in [0.1, 0.15) is 5.82 Å². The van der Waals surface area contributed by atoms with E-state index in [0.29, 0.717) is 30.3 Å². The minimum Gasteiger partial charge on any atom is -0.356 e. The van der Waals surface area contributed by atoms with Crippen LogP contribution in [0, 0.1) is 5.92 Å². The number of likely N-dealkylation sites (tertiary alicyclic amines) is 1. The number of carbonyl (C=O) groups is 1. The summed E-state index contributed by atoms with van der Waals surface area (Å²) in [6.07, 6.45) is 5.14. The van der Waals surface area contributed by atoms with Crippen LogP contribution in [0.1, 0.15) is 32.1 Å². The molecule has 148 valence electrons. The summed E-state index contributed by atoms with van der Waals surface area (Å²) in [4.78, 5) is 28.2. The van der Waals surface area contributed by atoms with Crippen molar-refractivity contribution in [3.05, 3.63) is 41.8 Å². The molecule has 4 heterocycles. The van der Waals surface area contributed by atoms with Gasteiger partial charge in [0.05, 0.1) is 10.4 Å². The molecule has 2 atom stereocenters. The number of aromatic nitrogens is 2. The fraction of sp³-hybridized carbons (Fsp3) is 0.435. The van der Waals surface area contributed by atoms with Crippen molar-refractivity contribution in [2.75, 3.05) is 18.0 Å². The molecule has 1 amide bonds. The number of amides is 1. The van der Waals surface area contributed by atoms with E-state index in [9.17, 15) is 4.79 Å². The number of nitrogens with zero attached hydrogens (tertiary/aromatic N) is 4. The van der Waals surface area contributed by atoms with Gasteiger partial charge in [0.15, 0.2) is 5.82 Å². The Kier molecular flexibility index (Phi) is 4.08. The molecule has 1 aromatic carbocycles. The zero-order valence-corrected chi connectivity index (χ0v) is 17.1. The lowest BCUT2D eigenvalue weighted by atomic mass is 9.83. The highest BCUT2D eigenvalue weighted by molar-refractivity contribution is 7.13. The maximum atomic E-state index is 12.5. The van der Waals surface area contributed by atoms with Crippen molar-refractivity contribution in [3.63, 3.8) is 0 Å². The molecule has 3 fully saturated rings. The number of para-hydroxylation sites is 1. The van der Waals surface area contributed by atoms with E-state index >= 15 is 0 Å². The minimum absolute atomic E-state index is 0.384. The molecular formula is C23H24N4OS. The first-order valence-electron chi connectivity index (χ1n) is 10.6. The zero-order valence-electron chi connectivity index (χ0n) is 16.3. The van der Waals surface area contributed by atoms with Crippen molar-refractivity contribution in [2.24, 2.45) is 5.92 Å². The van der Waals surface area contributed by atoms with Crippen LogP contribution in [0.3, 0.4) is 0 Å². The van der Waals surface area contributed by atoms with Gasteiger partial charge in [-0.05, 0) is 55.2 Å². The number of thiophene rings is 1. The average molecular weight is 405 g/mol. The van der Waals surface area contributed by atoms with Gasteiger partial charge in [-0.15, -0.1) is 11.3 Å². The van der Waals surface area contributed by atoms with Crippen molar-refractivity contribution in [2.45, 2.75) is 44.2 Å². The number of hydrogen-bond donors (Lipinski definition) is 0. The molecular weight excluding hydrogens is 380 g/mol. The van der Waals surface area contributed by atoms with Gasteiger partial charge in [-0.1, -0.05) is 18.2 Å². The minimum atomic E-state index is 0.384. The number of benzene rings is 1. The van der Waals surface area contributed by atoms with Gasteiger partial charge in [0.25, 0.3) is 0 Å². The smallest absolute Gasteiger partial charge is 0.223 e. The van der Waals surface area contributed by atoms with E-state index in [1.54, 1.807) is 11.3 Å². The van der Waals surface area contributed by atoms with E-state index in [2.05, 4.69) is 45.5 Å². The van der Waals surface area contributed by atoms with Crippen LogP contribution in [-0.2, 0) is 4.79 Å². The molecule has 6 rings (SSSR count). The lowest BCUT2D eigenvalue weighted by Crippen LogP contribution is -2.56. The summed E-state index contributed by atoms with van der Waals surface area (Å²) < 4.78 is 0. The topological polar surface area (TPSA) is 49.3 Å². The van der Waals surface area contributed by atoms with Gasteiger partial charge in [-0.25, -0.2) is 9.97 Å². The average Bonchev–Trinajstić information content (AvgIpc) is 3.44. The highest BCUT2D eigenvalue weighted by atomic mass is 32.1. The molecule has 2 aliphatic heterocycles. The van der Waals surface area contributed by atoms with Gasteiger partial charge in [-0.2, -0.15) is 0 Å². The maximum absolute atomic E-state index is 12.5. The van der Waals surface area contributed by atoms with Crippen LogP contribution < -0.4 is 4.90 Å². The van der Waals surface area contributed by atoms with Crippen molar-refractivity contribution in [1.82, 2.24) is 14.9 Å². The Morgan fingerprint density at radius 1 is 1.00 bits per heavy atom. The first-order chi connectivity index (χ1) is 14.3. The zero-order chi connectivity index (χ0) is 19.4. The van der Waals surface area contributed by atoms with Gasteiger partial charge >= 0.3 is 0 Å². The molecule has 6 heteroatoms. The predicted octanol–water partition coefficient (Wildman–Crippen LogP) is 4.34. The summed E-state index contributed by atoms with van der Waals surface area (Å²) in [6, 6.07) is 13.4. The third-order valence-electron chi connectivity index (χ3n) is 6.63. The molecule has 0 bridgehead atoms. The van der Waals surface area contributed by atoms with Crippen LogP contribution in [0.25, 0.3) is 21.6 Å². The molecule has 0 spiro atoms. The fourth-order valence-corrected chi connectivity index (χ4v) is 5.79. The number of piperidine rings is 2. The second-order valence-electron chi connectivity index (χ2n) is 8.50. The first-order valence-corrected chi connectivity index (χ1v) is 11.5. The van der Waals surface area contributed by atoms with E-state index in [0.717, 1.165) is 53.4 Å². The highest BCUT2D eigenvalue weighted by Crippen LogP contribution is 2.40. The van der Waals surface area contributed by atoms with E-state index < -0.39 is 0 Å². The Bertz CT molecular complexity index is 1060. The normalized spacial score (nSPS) is 24.8. The van der Waals surface area contributed by atoms with E-state index in [1.807, 2.05) is 6.07 Å². The predicted molar refractivity (Wildman–Crippen MR) is 116 cm³/mol. The Balaban J connectivity index is 1.36. The summed E-state index contributed by atoms with van der Waals surface area (Å²) in [5.41, 5.74) is 1.00. The fourth-order valence-electron chi connectivity index (χ4n) is 5.13. The number of anilines is 1. The van der Waals surface area contributed by atoms with Crippen LogP contribution >= 0.6 is 11.3 Å². The second-order valence-corrected chi connectivity index (χ2v) is 9.45. The van der Waals surface area contributed by atoms with E-state index in [4.69, 9.17) is 9.97 Å². The van der Waals surface area contributed by atoms with Gasteiger partial charge in [-0.3, -0.25) is 4.79 Å². The largest absolute Gasteiger partial charge is 0.356 e. The number of carbonyl (C=O) groups excluding carboxylic acids is 1. The van der Waals surface area contributed by atoms with Crippen molar-refractivity contribution >= 4 is 34.0 Å². The molecule has 2 aromatic heterocycles. The maximum Gasteiger partial charge on any atom is 0.223 e. The Morgan fingerprint density at radius 2 is 1.90 bits per heavy atom. The van der Waals surface area contributed by atoms with Crippen LogP contribution in [-0.4, -0.2) is 45.9 Å². The number of fused-ring (bicyclic) bond motifs is 2. The molecule has 1 saturated carbocycles. The third-order valence-corrected chi connectivity index (χ3v) is 7.50. The summed E-state index contributed by atoms with van der Waals surface area (Å²) in [5, 5.41) is 3.20. The Morgan fingerprint density at radius 3 is 2.72 bits per heavy atom. The standard InChI is InChI=1S/C23H24N4OS/c28-21-10-7-15-14-26(12-11-19(15)27(21)16-8-9-16)23-17-4-1-2-5-18(17)24-22(25-23)20-6-3-13-29-20/h1-6,13,15-16,19H,7-12,14H2. The lowest BCUT2D eigenvalue weighted by molar-refractivity contribution is -0.140. The molecule has 3 aromatic rings. The van der Waals surface area contributed by atoms with E-state index in [1.165, 1.54) is 12.8 Å². The Labute approximate surface area is 174 Å². The molecule has 2 saturated heterocycles. The van der Waals surface area contributed by atoms with Crippen molar-refractivity contribution < 1.29 is 4.79 Å². The Hall–Kier alpha value is -2.47. The molecule has 0 N–H and O–H groups in total. The molecule has 2 unspecified atom stereocenters. The number of hydrogen-bond acceptors (Lipinski definition) is 5. The van der Waals surface area contributed by atoms with Gasteiger partial charge in [0.2, 0.25) is 5.91 Å². The molecule has 1 aliphatic carbocycles. The molecule has 5 nitrogen and oxygen atoms in total. The van der Waals surface area contributed by atoms with Crippen LogP contribution in [0.15, 0.2) is 41.8 Å². The number of rotatable bonds is 3. The van der Waals surface area contributed by atoms with Crippen molar-refractivity contribution in [3.8, 4) is 10.7 Å². The lowest BCUT2D eigenvalue weighted by Gasteiger charge is -2.47. The van der Waals surface area contributed by atoms with Crippen LogP contribution in [0.2, 0.25) is 0 Å². The monoisotopic (exact) mass is 404 g/mol. The van der Waals surface area contributed by atoms with Crippen LogP contribution in [0.4, 0.5) is 5.82 Å². The summed E-state index contributed by atoms with van der Waals surface area (Å²) in [6.45, 7) is 1.93. The highest BCUT2D eigenvalue weighted by Gasteiger charge is 2.45. The van der Waals surface area contributed by atoms with E-state index in [-0.39, 0.29) is 0 Å². The quantitative estimate of drug-likeness (QED) is 0.652. The van der Waals surface area contributed by atoms with Gasteiger partial charge in [0, 0.05) is 37.0 Å². The van der Waals surface area contributed by atoms with Crippen LogP contribution in [0.5, 0.6) is 0 Å². The second kappa shape index (κ2) is 6.80. The molecule has 29 heavy (non-hydrogen) atoms. The van der Waals surface area contributed by atoms with Gasteiger partial charge < -0.3 is 9.80 Å². The molecule has 0 radical (unpaired) electrons. The van der Waals surface area contributed by atoms with Crippen molar-refractivity contribution in [1.29, 1.82) is 0 Å².